The van der Waals surface area contributed by atoms with Crippen LogP contribution in [0.5, 0.6) is 0 Å². The van der Waals surface area contributed by atoms with Crippen molar-refractivity contribution in [2.75, 3.05) is 12.4 Å². The Morgan fingerprint density at radius 2 is 2.25 bits per heavy atom. The van der Waals surface area contributed by atoms with E-state index in [1.807, 2.05) is 12.1 Å². The van der Waals surface area contributed by atoms with Crippen LogP contribution in [0.4, 0.5) is 5.82 Å². The molecule has 1 unspecified atom stereocenters. The quantitative estimate of drug-likeness (QED) is 0.716. The summed E-state index contributed by atoms with van der Waals surface area (Å²) in [5.41, 5.74) is 0.851. The summed E-state index contributed by atoms with van der Waals surface area (Å²) in [6, 6.07) is 3.68. The largest absolute Gasteiger partial charge is 0.373 e. The predicted octanol–water partition coefficient (Wildman–Crippen LogP) is 0.643. The molecule has 1 aliphatic heterocycles. The zero-order valence-corrected chi connectivity index (χ0v) is 8.99. The Morgan fingerprint density at radius 3 is 2.81 bits per heavy atom. The Hall–Kier alpha value is -1.91. The normalized spacial score (nSPS) is 20.4. The number of nitrogens with zero attached hydrogens (tertiary/aromatic N) is 1. The number of carbonyl (C=O) groups excluding carboxylic acids is 2. The molecule has 84 valence electrons. The zero-order valence-electron chi connectivity index (χ0n) is 8.99. The number of nitrogens with one attached hydrogen (secondary N) is 2. The van der Waals surface area contributed by atoms with Gasteiger partial charge in [0, 0.05) is 19.7 Å². The van der Waals surface area contributed by atoms with E-state index in [1.165, 1.54) is 0 Å². The average Bonchev–Trinajstić information content (AvgIpc) is 2.29. The average molecular weight is 219 g/mol. The molecule has 0 aliphatic carbocycles. The molecule has 0 bridgehead atoms. The molecule has 2 N–H and O–H groups in total. The first kappa shape index (κ1) is 10.6. The smallest absolute Gasteiger partial charge is 0.234 e. The van der Waals surface area contributed by atoms with Gasteiger partial charge in [-0.25, -0.2) is 4.98 Å². The van der Waals surface area contributed by atoms with Crippen LogP contribution >= 0.6 is 0 Å². The van der Waals surface area contributed by atoms with Crippen LogP contribution in [0.25, 0.3) is 0 Å². The van der Waals surface area contributed by atoms with Crippen LogP contribution in [0.1, 0.15) is 24.3 Å². The second-order valence-corrected chi connectivity index (χ2v) is 3.73. The van der Waals surface area contributed by atoms with Gasteiger partial charge in [0.05, 0.1) is 5.92 Å². The van der Waals surface area contributed by atoms with Crippen molar-refractivity contribution in [2.45, 2.75) is 18.8 Å². The lowest BCUT2D eigenvalue weighted by molar-refractivity contribution is -0.134. The number of rotatable bonds is 2. The second kappa shape index (κ2) is 4.30. The number of aromatic nitrogens is 1. The molecule has 5 heteroatoms. The Kier molecular flexibility index (Phi) is 2.85. The Balaban J connectivity index is 2.17. The number of piperidine rings is 1. The molecule has 1 aromatic heterocycles. The van der Waals surface area contributed by atoms with Gasteiger partial charge in [-0.1, -0.05) is 6.07 Å². The highest BCUT2D eigenvalue weighted by atomic mass is 16.2. The van der Waals surface area contributed by atoms with Crippen LogP contribution in [-0.2, 0) is 9.59 Å². The maximum Gasteiger partial charge on any atom is 0.234 e. The third-order valence-electron chi connectivity index (χ3n) is 2.68. The topological polar surface area (TPSA) is 71.1 Å². The lowest BCUT2D eigenvalue weighted by atomic mass is 9.92. The monoisotopic (exact) mass is 219 g/mol. The van der Waals surface area contributed by atoms with Crippen molar-refractivity contribution >= 4 is 17.6 Å². The first-order valence-electron chi connectivity index (χ1n) is 5.18. The van der Waals surface area contributed by atoms with Crippen molar-refractivity contribution in [3.63, 3.8) is 0 Å². The molecular formula is C11H13N3O2. The summed E-state index contributed by atoms with van der Waals surface area (Å²) >= 11 is 0. The van der Waals surface area contributed by atoms with E-state index in [0.717, 1.165) is 11.4 Å². The standard InChI is InChI=1S/C11H13N3O2/c1-12-9-4-2-7(6-13-9)8-3-5-10(15)14-11(8)16/h2,4,6,8H,3,5H2,1H3,(H,12,13)(H,14,15,16). The minimum absolute atomic E-state index is 0.193. The van der Waals surface area contributed by atoms with E-state index in [4.69, 9.17) is 0 Å². The van der Waals surface area contributed by atoms with E-state index >= 15 is 0 Å². The first-order chi connectivity index (χ1) is 7.70. The van der Waals surface area contributed by atoms with E-state index in [1.54, 1.807) is 13.2 Å². The van der Waals surface area contributed by atoms with Crippen molar-refractivity contribution < 1.29 is 9.59 Å². The molecule has 2 amide bonds. The van der Waals surface area contributed by atoms with Gasteiger partial charge in [0.15, 0.2) is 0 Å². The molecule has 0 radical (unpaired) electrons. The molecule has 1 saturated heterocycles. The predicted molar refractivity (Wildman–Crippen MR) is 58.9 cm³/mol. The van der Waals surface area contributed by atoms with Crippen LogP contribution in [-0.4, -0.2) is 23.8 Å². The van der Waals surface area contributed by atoms with Crippen LogP contribution in [0.3, 0.4) is 0 Å². The molecule has 1 fully saturated rings. The van der Waals surface area contributed by atoms with Gasteiger partial charge in [0.1, 0.15) is 5.82 Å². The van der Waals surface area contributed by atoms with Gasteiger partial charge in [0.25, 0.3) is 0 Å². The number of carbonyl (C=O) groups is 2. The van der Waals surface area contributed by atoms with Gasteiger partial charge in [-0.2, -0.15) is 0 Å². The maximum absolute atomic E-state index is 11.6. The van der Waals surface area contributed by atoms with Crippen molar-refractivity contribution in [1.29, 1.82) is 0 Å². The van der Waals surface area contributed by atoms with Crippen LogP contribution in [0.15, 0.2) is 18.3 Å². The third-order valence-corrected chi connectivity index (χ3v) is 2.68. The first-order valence-corrected chi connectivity index (χ1v) is 5.18. The molecule has 2 rings (SSSR count). The lowest BCUT2D eigenvalue weighted by Crippen LogP contribution is -2.39. The number of imide groups is 1. The molecule has 0 saturated carbocycles. The molecule has 16 heavy (non-hydrogen) atoms. The fourth-order valence-electron chi connectivity index (χ4n) is 1.77. The highest BCUT2D eigenvalue weighted by molar-refractivity contribution is 6.00. The van der Waals surface area contributed by atoms with E-state index in [0.29, 0.717) is 12.8 Å². The third kappa shape index (κ3) is 2.03. The maximum atomic E-state index is 11.6. The van der Waals surface area contributed by atoms with Gasteiger partial charge in [-0.15, -0.1) is 0 Å². The molecular weight excluding hydrogens is 206 g/mol. The van der Waals surface area contributed by atoms with E-state index in [9.17, 15) is 9.59 Å². The highest BCUT2D eigenvalue weighted by Gasteiger charge is 2.27. The fourth-order valence-corrected chi connectivity index (χ4v) is 1.77. The minimum Gasteiger partial charge on any atom is -0.373 e. The number of anilines is 1. The van der Waals surface area contributed by atoms with E-state index < -0.39 is 0 Å². The summed E-state index contributed by atoms with van der Waals surface area (Å²) in [7, 11) is 1.79. The van der Waals surface area contributed by atoms with Gasteiger partial charge < -0.3 is 5.32 Å². The number of hydrogen-bond donors (Lipinski definition) is 2. The summed E-state index contributed by atoms with van der Waals surface area (Å²) in [5, 5.41) is 5.24. The molecule has 5 nitrogen and oxygen atoms in total. The molecule has 2 heterocycles. The number of hydrogen-bond acceptors (Lipinski definition) is 4. The summed E-state index contributed by atoms with van der Waals surface area (Å²) in [6.45, 7) is 0. The van der Waals surface area contributed by atoms with Crippen molar-refractivity contribution in [3.8, 4) is 0 Å². The summed E-state index contributed by atoms with van der Waals surface area (Å²) < 4.78 is 0. The minimum atomic E-state index is -0.254. The van der Waals surface area contributed by atoms with Crippen molar-refractivity contribution in [3.05, 3.63) is 23.9 Å². The Labute approximate surface area is 93.3 Å². The van der Waals surface area contributed by atoms with Gasteiger partial charge in [-0.05, 0) is 18.1 Å². The van der Waals surface area contributed by atoms with Crippen molar-refractivity contribution in [2.24, 2.45) is 0 Å². The summed E-state index contributed by atoms with van der Waals surface area (Å²) in [5.74, 6) is 0.0865. The summed E-state index contributed by atoms with van der Waals surface area (Å²) in [4.78, 5) is 26.7. The van der Waals surface area contributed by atoms with Crippen molar-refractivity contribution in [1.82, 2.24) is 10.3 Å². The van der Waals surface area contributed by atoms with Gasteiger partial charge >= 0.3 is 0 Å². The lowest BCUT2D eigenvalue weighted by Gasteiger charge is -2.20. The van der Waals surface area contributed by atoms with E-state index in [2.05, 4.69) is 15.6 Å². The SMILES string of the molecule is CNc1ccc(C2CCC(=O)NC2=O)cn1. The van der Waals surface area contributed by atoms with Gasteiger partial charge in [0.2, 0.25) is 11.8 Å². The molecule has 0 spiro atoms. The van der Waals surface area contributed by atoms with E-state index in [-0.39, 0.29) is 17.7 Å². The molecule has 1 atom stereocenters. The highest BCUT2D eigenvalue weighted by Crippen LogP contribution is 2.24. The van der Waals surface area contributed by atoms with Crippen LogP contribution < -0.4 is 10.6 Å². The molecule has 0 aromatic carbocycles. The number of amides is 2. The second-order valence-electron chi connectivity index (χ2n) is 3.73. The zero-order chi connectivity index (χ0) is 11.5. The van der Waals surface area contributed by atoms with Crippen LogP contribution in [0, 0.1) is 0 Å². The summed E-state index contributed by atoms with van der Waals surface area (Å²) in [6.07, 6.45) is 2.63. The number of pyridine rings is 1. The fraction of sp³-hybridized carbons (Fsp3) is 0.364. The molecule has 1 aliphatic rings. The Morgan fingerprint density at radius 1 is 1.44 bits per heavy atom. The van der Waals surface area contributed by atoms with Gasteiger partial charge in [-0.3, -0.25) is 14.9 Å². The Bertz CT molecular complexity index is 414. The van der Waals surface area contributed by atoms with Crippen LogP contribution in [0.2, 0.25) is 0 Å². The molecule has 1 aromatic rings.